The molecule has 1 aromatic heterocycles. The van der Waals surface area contributed by atoms with Crippen molar-refractivity contribution < 1.29 is 14.7 Å². The number of carbonyl (C=O) groups is 2. The van der Waals surface area contributed by atoms with E-state index in [4.69, 9.17) is 5.11 Å². The number of H-pyrrole nitrogens is 1. The summed E-state index contributed by atoms with van der Waals surface area (Å²) in [6.07, 6.45) is 1.27. The van der Waals surface area contributed by atoms with E-state index >= 15 is 0 Å². The van der Waals surface area contributed by atoms with Crippen molar-refractivity contribution in [3.63, 3.8) is 0 Å². The van der Waals surface area contributed by atoms with E-state index in [0.717, 1.165) is 5.69 Å². The van der Waals surface area contributed by atoms with Gasteiger partial charge < -0.3 is 10.0 Å². The fourth-order valence-electron chi connectivity index (χ4n) is 1.72. The van der Waals surface area contributed by atoms with E-state index in [-0.39, 0.29) is 17.5 Å². The Kier molecular flexibility index (Phi) is 3.18. The van der Waals surface area contributed by atoms with Crippen LogP contribution in [0.3, 0.4) is 0 Å². The number of carboxylic acid groups (broad SMARTS) is 1. The van der Waals surface area contributed by atoms with Crippen molar-refractivity contribution in [1.82, 2.24) is 15.1 Å². The fourth-order valence-corrected chi connectivity index (χ4v) is 2.64. The van der Waals surface area contributed by atoms with E-state index < -0.39 is 5.97 Å². The molecule has 6 nitrogen and oxygen atoms in total. The summed E-state index contributed by atoms with van der Waals surface area (Å²) in [5, 5.41) is 15.3. The highest BCUT2D eigenvalue weighted by Crippen LogP contribution is 2.30. The van der Waals surface area contributed by atoms with E-state index in [1.165, 1.54) is 6.08 Å². The summed E-state index contributed by atoms with van der Waals surface area (Å²) in [5.74, 6) is -1.02. The molecule has 1 aliphatic heterocycles. The lowest BCUT2D eigenvalue weighted by atomic mass is 9.96. The normalized spacial score (nSPS) is 15.5. The van der Waals surface area contributed by atoms with Gasteiger partial charge in [-0.15, -0.1) is 0 Å². The summed E-state index contributed by atoms with van der Waals surface area (Å²) in [5.41, 5.74) is 0.824. The number of hydrogen-bond acceptors (Lipinski definition) is 3. The van der Waals surface area contributed by atoms with Crippen molar-refractivity contribution in [1.29, 1.82) is 0 Å². The van der Waals surface area contributed by atoms with Gasteiger partial charge >= 0.3 is 5.97 Å². The van der Waals surface area contributed by atoms with Crippen molar-refractivity contribution in [2.45, 2.75) is 5.92 Å². The number of amides is 1. The van der Waals surface area contributed by atoms with Crippen LogP contribution in [0.4, 0.5) is 0 Å². The molecular weight excluding hydrogens is 337 g/mol. The molecule has 2 N–H and O–H groups in total. The molecule has 1 aliphatic rings. The zero-order chi connectivity index (χ0) is 12.6. The van der Waals surface area contributed by atoms with Gasteiger partial charge in [0, 0.05) is 19.0 Å². The first-order valence-corrected chi connectivity index (χ1v) is 6.00. The zero-order valence-corrected chi connectivity index (χ0v) is 11.0. The maximum atomic E-state index is 11.3. The summed E-state index contributed by atoms with van der Waals surface area (Å²) in [6.45, 7) is 4.56. The molecule has 0 unspecified atom stereocenters. The molecule has 2 rings (SSSR count). The van der Waals surface area contributed by atoms with Gasteiger partial charge in [-0.05, 0) is 28.7 Å². The van der Waals surface area contributed by atoms with Crippen LogP contribution in [-0.2, 0) is 4.79 Å². The fraction of sp³-hybridized carbons (Fsp3) is 0.300. The van der Waals surface area contributed by atoms with Gasteiger partial charge in [0.15, 0.2) is 5.69 Å². The first-order valence-electron chi connectivity index (χ1n) is 4.93. The third kappa shape index (κ3) is 2.06. The van der Waals surface area contributed by atoms with Gasteiger partial charge in [-0.3, -0.25) is 9.89 Å². The van der Waals surface area contributed by atoms with Crippen LogP contribution in [0.2, 0.25) is 0 Å². The molecule has 1 saturated heterocycles. The summed E-state index contributed by atoms with van der Waals surface area (Å²) in [7, 11) is 0. The van der Waals surface area contributed by atoms with Gasteiger partial charge in [-0.1, -0.05) is 6.58 Å². The Balaban J connectivity index is 2.09. The molecule has 1 amide bonds. The topological polar surface area (TPSA) is 86.3 Å². The molecule has 0 aromatic carbocycles. The molecule has 17 heavy (non-hydrogen) atoms. The van der Waals surface area contributed by atoms with Crippen LogP contribution in [0.5, 0.6) is 0 Å². The number of aromatic carboxylic acids is 1. The number of halogens is 1. The van der Waals surface area contributed by atoms with Crippen molar-refractivity contribution in [3.8, 4) is 0 Å². The highest BCUT2D eigenvalue weighted by atomic mass is 127. The van der Waals surface area contributed by atoms with Crippen molar-refractivity contribution in [2.75, 3.05) is 13.1 Å². The average Bonchev–Trinajstić information content (AvgIpc) is 2.58. The van der Waals surface area contributed by atoms with Crippen LogP contribution in [0, 0.1) is 3.57 Å². The van der Waals surface area contributed by atoms with Gasteiger partial charge in [-0.25, -0.2) is 4.79 Å². The number of carboxylic acids is 1. The second-order valence-electron chi connectivity index (χ2n) is 3.75. The molecule has 0 radical (unpaired) electrons. The Labute approximate surface area is 111 Å². The number of nitrogens with one attached hydrogen (secondary N) is 1. The largest absolute Gasteiger partial charge is 0.476 e. The lowest BCUT2D eigenvalue weighted by Crippen LogP contribution is -2.48. The standard InChI is InChI=1S/C10H10IN3O3/c1-2-6(15)14-3-5(4-14)8-7(11)9(10(16)17)13-12-8/h2,5H,1,3-4H2,(H,12,13)(H,16,17). The quantitative estimate of drug-likeness (QED) is 0.626. The minimum Gasteiger partial charge on any atom is -0.476 e. The number of likely N-dealkylation sites (tertiary alicyclic amines) is 1. The van der Waals surface area contributed by atoms with Crippen LogP contribution in [0.1, 0.15) is 22.1 Å². The maximum absolute atomic E-state index is 11.3. The lowest BCUT2D eigenvalue weighted by Gasteiger charge is -2.38. The predicted octanol–water partition coefficient (Wildman–Crippen LogP) is 0.824. The molecule has 90 valence electrons. The Morgan fingerprint density at radius 2 is 2.24 bits per heavy atom. The van der Waals surface area contributed by atoms with E-state index in [0.29, 0.717) is 16.7 Å². The number of rotatable bonds is 3. The third-order valence-corrected chi connectivity index (χ3v) is 3.80. The van der Waals surface area contributed by atoms with E-state index in [1.54, 1.807) is 4.90 Å². The Hall–Kier alpha value is -1.38. The number of aromatic amines is 1. The number of aromatic nitrogens is 2. The first-order chi connectivity index (χ1) is 8.04. The monoisotopic (exact) mass is 347 g/mol. The number of hydrogen-bond donors (Lipinski definition) is 2. The molecule has 0 saturated carbocycles. The van der Waals surface area contributed by atoms with Crippen molar-refractivity contribution >= 4 is 34.5 Å². The lowest BCUT2D eigenvalue weighted by molar-refractivity contribution is -0.130. The molecule has 0 spiro atoms. The Bertz CT molecular complexity index is 491. The molecule has 0 aliphatic carbocycles. The van der Waals surface area contributed by atoms with Crippen LogP contribution in [-0.4, -0.2) is 45.2 Å². The first kappa shape index (κ1) is 12.1. The third-order valence-electron chi connectivity index (χ3n) is 2.71. The van der Waals surface area contributed by atoms with Gasteiger partial charge in [-0.2, -0.15) is 5.10 Å². The predicted molar refractivity (Wildman–Crippen MR) is 67.8 cm³/mol. The van der Waals surface area contributed by atoms with Gasteiger partial charge in [0.1, 0.15) is 0 Å². The molecule has 7 heteroatoms. The Morgan fingerprint density at radius 3 is 2.71 bits per heavy atom. The molecule has 0 bridgehead atoms. The van der Waals surface area contributed by atoms with Gasteiger partial charge in [0.05, 0.1) is 9.26 Å². The van der Waals surface area contributed by atoms with Gasteiger partial charge in [0.25, 0.3) is 0 Å². The SMILES string of the molecule is C=CC(=O)N1CC(c2[nH]nc(C(=O)O)c2I)C1. The molecule has 2 heterocycles. The second kappa shape index (κ2) is 4.47. The summed E-state index contributed by atoms with van der Waals surface area (Å²) < 4.78 is 0.616. The van der Waals surface area contributed by atoms with E-state index in [2.05, 4.69) is 16.8 Å². The number of carbonyl (C=O) groups excluding carboxylic acids is 1. The van der Waals surface area contributed by atoms with Crippen LogP contribution >= 0.6 is 22.6 Å². The summed E-state index contributed by atoms with van der Waals surface area (Å²) in [6, 6.07) is 0. The highest BCUT2D eigenvalue weighted by Gasteiger charge is 2.34. The summed E-state index contributed by atoms with van der Waals surface area (Å²) in [4.78, 5) is 23.7. The number of nitrogens with zero attached hydrogens (tertiary/aromatic N) is 2. The summed E-state index contributed by atoms with van der Waals surface area (Å²) >= 11 is 1.96. The van der Waals surface area contributed by atoms with Crippen molar-refractivity contribution in [2.24, 2.45) is 0 Å². The molecule has 0 atom stereocenters. The maximum Gasteiger partial charge on any atom is 0.357 e. The average molecular weight is 347 g/mol. The van der Waals surface area contributed by atoms with E-state index in [1.807, 2.05) is 22.6 Å². The van der Waals surface area contributed by atoms with Crippen LogP contribution in [0.15, 0.2) is 12.7 Å². The smallest absolute Gasteiger partial charge is 0.357 e. The van der Waals surface area contributed by atoms with Crippen molar-refractivity contribution in [3.05, 3.63) is 27.6 Å². The molecule has 1 aromatic rings. The second-order valence-corrected chi connectivity index (χ2v) is 4.83. The highest BCUT2D eigenvalue weighted by molar-refractivity contribution is 14.1. The Morgan fingerprint density at radius 1 is 1.59 bits per heavy atom. The molecular formula is C10H10IN3O3. The van der Waals surface area contributed by atoms with E-state index in [9.17, 15) is 9.59 Å². The van der Waals surface area contributed by atoms with Gasteiger partial charge in [0.2, 0.25) is 5.91 Å². The van der Waals surface area contributed by atoms with Crippen LogP contribution < -0.4 is 0 Å². The minimum absolute atomic E-state index is 0.0362. The molecule has 1 fully saturated rings. The zero-order valence-electron chi connectivity index (χ0n) is 8.81. The van der Waals surface area contributed by atoms with Crippen LogP contribution in [0.25, 0.3) is 0 Å². The minimum atomic E-state index is -1.05.